The Labute approximate surface area is 440 Å². The molecule has 0 radical (unpaired) electrons. The van der Waals surface area contributed by atoms with Crippen molar-refractivity contribution < 1.29 is 0 Å². The molecule has 0 saturated heterocycles. The van der Waals surface area contributed by atoms with Crippen LogP contribution in [0, 0.1) is 0 Å². The van der Waals surface area contributed by atoms with Gasteiger partial charge >= 0.3 is 0 Å². The second-order valence-corrected chi connectivity index (χ2v) is 35.4. The first-order chi connectivity index (χ1) is 29.5. The van der Waals surface area contributed by atoms with Gasteiger partial charge in [0.1, 0.15) is 0 Å². The Bertz CT molecular complexity index is 1670. The van der Waals surface area contributed by atoms with Gasteiger partial charge in [-0.3, -0.25) is 0 Å². The average Bonchev–Trinajstić information content (AvgIpc) is 4.11. The van der Waals surface area contributed by atoms with Gasteiger partial charge in [-0.2, -0.15) is 0 Å². The van der Waals surface area contributed by atoms with Gasteiger partial charge in [-0.15, -0.1) is 70.6 Å². The monoisotopic (exact) mass is 1140 g/mol. The lowest BCUT2D eigenvalue weighted by atomic mass is 10.4. The Hall–Kier alpha value is 3.96. The Balaban J connectivity index is 1.27. The standard InChI is InChI=1S/C42H56S18/c1-7-13-19-43-27-25-49-37(51-27)39-53-29(33(57-39)45-21-15-9-3)31-35(47-23-17-11-5)59-41(55-31)42-56-32(36(60-42)48-24-18-12-6)30-34(46-22-16-10-4)58-40(54-30)38-50-26-28(52-38)44-20-14-8-2/h25-26H,7-24H2,1-6H3/b39-37-,40-38+,42-41+. The van der Waals surface area contributed by atoms with Crippen LogP contribution in [0.3, 0.4) is 0 Å². The molecule has 60 heavy (non-hydrogen) atoms. The van der Waals surface area contributed by atoms with Gasteiger partial charge < -0.3 is 0 Å². The fourth-order valence-electron chi connectivity index (χ4n) is 5.07. The lowest BCUT2D eigenvalue weighted by Crippen LogP contribution is -1.84. The van der Waals surface area contributed by atoms with Crippen molar-refractivity contribution >= 4 is 212 Å². The van der Waals surface area contributed by atoms with Gasteiger partial charge in [-0.05, 0) is 83.9 Å². The molecule has 6 aliphatic heterocycles. The molecule has 0 amide bonds. The maximum Gasteiger partial charge on any atom is 0.0712 e. The molecule has 0 unspecified atom stereocenters. The minimum absolute atomic E-state index is 1.19. The van der Waals surface area contributed by atoms with Gasteiger partial charge in [0.25, 0.3) is 0 Å². The molecule has 6 aliphatic rings. The van der Waals surface area contributed by atoms with Crippen LogP contribution in [0.25, 0.3) is 0 Å². The highest BCUT2D eigenvalue weighted by Crippen LogP contribution is 2.72. The van der Waals surface area contributed by atoms with Crippen LogP contribution in [0.1, 0.15) is 119 Å². The minimum atomic E-state index is 1.19. The smallest absolute Gasteiger partial charge is 0.0712 e. The van der Waals surface area contributed by atoms with Crippen LogP contribution in [0.5, 0.6) is 0 Å². The highest BCUT2D eigenvalue weighted by atomic mass is 32.3. The molecular formula is C42H56S18. The third-order valence-electron chi connectivity index (χ3n) is 8.49. The molecule has 0 fully saturated rings. The topological polar surface area (TPSA) is 0 Å². The van der Waals surface area contributed by atoms with E-state index in [0.717, 1.165) is 0 Å². The normalized spacial score (nSPS) is 23.6. The first-order valence-corrected chi connectivity index (χ1v) is 36.8. The van der Waals surface area contributed by atoms with Crippen molar-refractivity contribution in [3.8, 4) is 0 Å². The summed E-state index contributed by atoms with van der Waals surface area (Å²) in [4.78, 5) is 6.14. The van der Waals surface area contributed by atoms with Crippen molar-refractivity contribution in [1.29, 1.82) is 0 Å². The molecule has 332 valence electrons. The Morgan fingerprint density at radius 3 is 0.817 bits per heavy atom. The summed E-state index contributed by atoms with van der Waals surface area (Å²) in [6, 6.07) is 0. The second kappa shape index (κ2) is 29.9. The first-order valence-electron chi connectivity index (χ1n) is 21.0. The Kier molecular flexibility index (Phi) is 26.5. The predicted molar refractivity (Wildman–Crippen MR) is 321 cm³/mol. The van der Waals surface area contributed by atoms with Crippen molar-refractivity contribution in [1.82, 2.24) is 0 Å². The van der Waals surface area contributed by atoms with Crippen molar-refractivity contribution in [2.45, 2.75) is 119 Å². The van der Waals surface area contributed by atoms with Gasteiger partial charge in [-0.25, -0.2) is 0 Å². The molecule has 0 saturated carbocycles. The molecule has 0 aromatic heterocycles. The summed E-state index contributed by atoms with van der Waals surface area (Å²) in [6.07, 6.45) is 15.2. The van der Waals surface area contributed by atoms with Crippen LogP contribution < -0.4 is 0 Å². The van der Waals surface area contributed by atoms with Crippen molar-refractivity contribution in [3.63, 3.8) is 0 Å². The van der Waals surface area contributed by atoms with Crippen LogP contribution >= 0.6 is 212 Å². The van der Waals surface area contributed by atoms with E-state index in [1.165, 1.54) is 182 Å². The molecule has 0 nitrogen and oxygen atoms in total. The Morgan fingerprint density at radius 1 is 0.300 bits per heavy atom. The summed E-state index contributed by atoms with van der Waals surface area (Å²) >= 11 is 37.2. The second-order valence-electron chi connectivity index (χ2n) is 13.5. The minimum Gasteiger partial charge on any atom is -0.118 e. The number of rotatable bonds is 26. The van der Waals surface area contributed by atoms with Crippen LogP contribution in [0.15, 0.2) is 81.3 Å². The van der Waals surface area contributed by atoms with E-state index >= 15 is 0 Å². The molecule has 18 heteroatoms. The first kappa shape index (κ1) is 53.3. The van der Waals surface area contributed by atoms with Crippen LogP contribution in [-0.2, 0) is 0 Å². The Morgan fingerprint density at radius 2 is 0.550 bits per heavy atom. The predicted octanol–water partition coefficient (Wildman–Crippen LogP) is 22.7. The molecule has 6 rings (SSSR count). The van der Waals surface area contributed by atoms with Crippen molar-refractivity contribution in [2.75, 3.05) is 34.5 Å². The van der Waals surface area contributed by atoms with Gasteiger partial charge in [-0.1, -0.05) is 221 Å². The number of unbranched alkanes of at least 4 members (excludes halogenated alkanes) is 6. The summed E-state index contributed by atoms with van der Waals surface area (Å²) in [7, 11) is 0. The van der Waals surface area contributed by atoms with E-state index in [-0.39, 0.29) is 0 Å². The maximum atomic E-state index is 2.41. The molecule has 0 atom stereocenters. The third kappa shape index (κ3) is 16.0. The third-order valence-corrected chi connectivity index (χ3v) is 34.3. The fourth-order valence-corrected chi connectivity index (χ4v) is 31.9. The molecule has 6 heterocycles. The molecule has 0 N–H and O–H groups in total. The summed E-state index contributed by atoms with van der Waals surface area (Å²) < 4.78 is 18.1. The molecule has 0 spiro atoms. The van der Waals surface area contributed by atoms with Crippen LogP contribution in [-0.4, -0.2) is 34.5 Å². The molecule has 0 bridgehead atoms. The largest absolute Gasteiger partial charge is 0.118 e. The number of thioether (sulfide) groups is 18. The van der Waals surface area contributed by atoms with Crippen LogP contribution in [0.4, 0.5) is 0 Å². The zero-order chi connectivity index (χ0) is 42.1. The molecule has 0 aromatic carbocycles. The quantitative estimate of drug-likeness (QED) is 0.0754. The van der Waals surface area contributed by atoms with E-state index in [1.54, 1.807) is 0 Å². The zero-order valence-electron chi connectivity index (χ0n) is 35.2. The van der Waals surface area contributed by atoms with E-state index in [0.29, 0.717) is 0 Å². The molecule has 0 aromatic rings. The number of hydrogen-bond donors (Lipinski definition) is 0. The van der Waals surface area contributed by atoms with Gasteiger partial charge in [0.05, 0.1) is 50.8 Å². The summed E-state index contributed by atoms with van der Waals surface area (Å²) in [5, 5.41) is 4.83. The van der Waals surface area contributed by atoms with Gasteiger partial charge in [0.15, 0.2) is 0 Å². The van der Waals surface area contributed by atoms with Crippen molar-refractivity contribution in [3.05, 3.63) is 81.3 Å². The molecular weight excluding hydrogens is 1080 g/mol. The van der Waals surface area contributed by atoms with Crippen LogP contribution in [0.2, 0.25) is 0 Å². The lowest BCUT2D eigenvalue weighted by molar-refractivity contribution is 0.897. The summed E-state index contributed by atoms with van der Waals surface area (Å²) in [5.41, 5.74) is 0. The lowest BCUT2D eigenvalue weighted by Gasteiger charge is -2.08. The van der Waals surface area contributed by atoms with Gasteiger partial charge in [0.2, 0.25) is 0 Å². The van der Waals surface area contributed by atoms with E-state index in [2.05, 4.69) is 217 Å². The highest BCUT2D eigenvalue weighted by molar-refractivity contribution is 8.44. The number of hydrogen-bond acceptors (Lipinski definition) is 18. The van der Waals surface area contributed by atoms with Crippen molar-refractivity contribution in [2.24, 2.45) is 0 Å². The summed E-state index contributed by atoms with van der Waals surface area (Å²) in [5.74, 6) is 7.24. The SMILES string of the molecule is CCCCSC1=CS/C(=C2/SC(SCCCC)=C(C3=C(SCCCC)S/C(=C4/SC(SCCCC)=C(C5=C(SCCCC)S/C(=C6\SC=C(SCCCC)S6)S5)S4)S3)S2)S1. The van der Waals surface area contributed by atoms with E-state index < -0.39 is 0 Å². The van der Waals surface area contributed by atoms with Gasteiger partial charge in [0, 0.05) is 19.6 Å². The summed E-state index contributed by atoms with van der Waals surface area (Å²) in [6.45, 7) is 13.9. The fraction of sp³-hybridized carbons (Fsp3) is 0.571. The van der Waals surface area contributed by atoms with E-state index in [4.69, 9.17) is 0 Å². The highest BCUT2D eigenvalue weighted by Gasteiger charge is 2.39. The van der Waals surface area contributed by atoms with E-state index in [9.17, 15) is 0 Å². The van der Waals surface area contributed by atoms with E-state index in [1.807, 2.05) is 47.0 Å². The zero-order valence-corrected chi connectivity index (χ0v) is 49.9. The maximum absolute atomic E-state index is 2.41. The molecule has 0 aliphatic carbocycles. The average molecular weight is 1140 g/mol.